The van der Waals surface area contributed by atoms with Crippen LogP contribution >= 0.6 is 0 Å². The Morgan fingerprint density at radius 2 is 1.93 bits per heavy atom. The Hall–Kier alpha value is -3.30. The molecule has 316 valence electrons. The molecule has 2 heterocycles. The number of nitrogens with one attached hydrogen (secondary N) is 4. The first-order valence-electron chi connectivity index (χ1n) is 21.1. The number of aliphatic hydroxyl groups is 3. The van der Waals surface area contributed by atoms with E-state index in [0.29, 0.717) is 53.9 Å². The van der Waals surface area contributed by atoms with Crippen LogP contribution in [0, 0.1) is 29.1 Å². The number of aliphatic hydroxyl groups excluding tert-OH is 3. The highest BCUT2D eigenvalue weighted by Crippen LogP contribution is 2.61. The fourth-order valence-electron chi connectivity index (χ4n) is 10.4. The summed E-state index contributed by atoms with van der Waals surface area (Å²) in [7, 11) is 5.62. The number of para-hydroxylation sites is 1. The maximum atomic E-state index is 14.3. The lowest BCUT2D eigenvalue weighted by Crippen LogP contribution is -2.62. The number of carbonyl (C=O) groups excluding carboxylic acids is 2. The van der Waals surface area contributed by atoms with Crippen molar-refractivity contribution in [2.24, 2.45) is 29.1 Å². The molecule has 3 aliphatic carbocycles. The zero-order valence-corrected chi connectivity index (χ0v) is 35.1. The van der Waals surface area contributed by atoms with E-state index in [0.717, 1.165) is 42.5 Å². The van der Waals surface area contributed by atoms with Crippen molar-refractivity contribution in [3.8, 4) is 16.9 Å². The maximum Gasteiger partial charge on any atom is 0.251 e. The molecule has 5 fully saturated rings. The fourth-order valence-corrected chi connectivity index (χ4v) is 10.4. The molecular weight excluding hydrogens is 725 g/mol. The second kappa shape index (κ2) is 18.7. The summed E-state index contributed by atoms with van der Waals surface area (Å²) in [4.78, 5) is 36.7. The predicted octanol–water partition coefficient (Wildman–Crippen LogP) is 3.62. The lowest BCUT2D eigenvalue weighted by atomic mass is 9.45. The van der Waals surface area contributed by atoms with Gasteiger partial charge in [0.2, 0.25) is 5.91 Å². The summed E-state index contributed by atoms with van der Waals surface area (Å²) >= 11 is 0. The minimum absolute atomic E-state index is 0.0250. The van der Waals surface area contributed by atoms with Gasteiger partial charge in [-0.05, 0) is 107 Å². The van der Waals surface area contributed by atoms with Crippen LogP contribution in [0.3, 0.4) is 0 Å². The van der Waals surface area contributed by atoms with E-state index in [-0.39, 0.29) is 49.1 Å². The SMILES string of the molecule is COc1c(CN2O[C@@H](CO)[C@H]([C@H](C)O)[C@H]2C(=O)N[C@H]2C[C@H]3C[C@@H]([C@@H]2C)C3(C)C)cccc1-c1cc(NCCO)cc(C(=O)N[C@@H](CC2CCCCN2)CN(C)C)c1. The molecule has 57 heavy (non-hydrogen) atoms. The van der Waals surface area contributed by atoms with E-state index < -0.39 is 24.2 Å². The Kier molecular flexibility index (Phi) is 14.2. The van der Waals surface area contributed by atoms with Gasteiger partial charge in [0.15, 0.2) is 0 Å². The number of ether oxygens (including phenoxy) is 1. The minimum atomic E-state index is -0.915. The first-order chi connectivity index (χ1) is 27.2. The van der Waals surface area contributed by atoms with Crippen LogP contribution in [0.25, 0.3) is 11.1 Å². The Labute approximate surface area is 339 Å². The highest BCUT2D eigenvalue weighted by atomic mass is 16.7. The molecule has 7 N–H and O–H groups in total. The van der Waals surface area contributed by atoms with E-state index in [9.17, 15) is 24.9 Å². The molecule has 2 saturated heterocycles. The number of benzene rings is 2. The summed E-state index contributed by atoms with van der Waals surface area (Å²) in [6.07, 6.45) is 4.71. The van der Waals surface area contributed by atoms with Crippen LogP contribution in [0.1, 0.15) is 82.1 Å². The van der Waals surface area contributed by atoms with E-state index in [2.05, 4.69) is 46.9 Å². The third kappa shape index (κ3) is 9.61. The number of methoxy groups -OCH3 is 1. The molecule has 2 aromatic rings. The van der Waals surface area contributed by atoms with Gasteiger partial charge in [0.25, 0.3) is 5.91 Å². The van der Waals surface area contributed by atoms with Gasteiger partial charge in [-0.25, -0.2) is 0 Å². The van der Waals surface area contributed by atoms with Gasteiger partial charge in [-0.15, -0.1) is 0 Å². The molecule has 0 spiro atoms. The molecule has 2 aliphatic heterocycles. The van der Waals surface area contributed by atoms with E-state index in [1.807, 2.05) is 44.4 Å². The Morgan fingerprint density at radius 3 is 2.56 bits per heavy atom. The third-order valence-electron chi connectivity index (χ3n) is 13.5. The van der Waals surface area contributed by atoms with E-state index in [4.69, 9.17) is 9.57 Å². The molecule has 2 bridgehead atoms. The topological polar surface area (TPSA) is 168 Å². The average molecular weight is 793 g/mol. The second-order valence-electron chi connectivity index (χ2n) is 18.0. The molecule has 0 aromatic heterocycles. The zero-order chi connectivity index (χ0) is 41.0. The number of amides is 2. The minimum Gasteiger partial charge on any atom is -0.496 e. The lowest BCUT2D eigenvalue weighted by molar-refractivity contribution is -0.183. The van der Waals surface area contributed by atoms with Crippen LogP contribution in [-0.4, -0.2) is 128 Å². The number of hydroxylamine groups is 2. The highest BCUT2D eigenvalue weighted by Gasteiger charge is 2.57. The maximum absolute atomic E-state index is 14.3. The second-order valence-corrected chi connectivity index (χ2v) is 18.0. The van der Waals surface area contributed by atoms with Crippen molar-refractivity contribution in [2.45, 2.75) is 109 Å². The van der Waals surface area contributed by atoms with Gasteiger partial charge >= 0.3 is 0 Å². The summed E-state index contributed by atoms with van der Waals surface area (Å²) in [5.74, 6) is 0.916. The van der Waals surface area contributed by atoms with Crippen LogP contribution in [0.15, 0.2) is 36.4 Å². The van der Waals surface area contributed by atoms with Crippen molar-refractivity contribution in [3.63, 3.8) is 0 Å². The van der Waals surface area contributed by atoms with Gasteiger partial charge in [0.1, 0.15) is 17.9 Å². The molecule has 2 aromatic carbocycles. The normalized spacial score (nSPS) is 29.3. The zero-order valence-electron chi connectivity index (χ0n) is 35.1. The van der Waals surface area contributed by atoms with Gasteiger partial charge in [-0.3, -0.25) is 14.4 Å². The number of hydrogen-bond acceptors (Lipinski definition) is 11. The van der Waals surface area contributed by atoms with Crippen LogP contribution in [-0.2, 0) is 16.2 Å². The van der Waals surface area contributed by atoms with E-state index >= 15 is 0 Å². The standard InChI is InChI=1S/C44H68N6O7/c1-26-36-20-31(44(36,3)4)21-37(26)48-43(55)40-39(27(2)53)38(25-52)57-50(40)23-28-11-10-13-35(41(28)56-7)29-17-30(19-33(18-29)46-15-16-51)42(54)47-34(24-49(5)6)22-32-12-8-9-14-45-32/h10-11,13,17-19,26-27,31-32,34,36-40,45-46,51-53H,8-9,12,14-16,20-25H2,1-7H3,(H,47,54)(H,48,55)/t26-,27-,31+,32?,34-,36-,37-,38-,39-,40-/m0/s1. The Bertz CT molecular complexity index is 1680. The van der Waals surface area contributed by atoms with E-state index in [1.54, 1.807) is 25.2 Å². The number of hydrogen-bond donors (Lipinski definition) is 7. The average Bonchev–Trinajstić information content (AvgIpc) is 3.56. The lowest BCUT2D eigenvalue weighted by Gasteiger charge is -2.62. The van der Waals surface area contributed by atoms with Crippen molar-refractivity contribution in [2.75, 3.05) is 59.4 Å². The van der Waals surface area contributed by atoms with Crippen molar-refractivity contribution >= 4 is 17.5 Å². The van der Waals surface area contributed by atoms with Crippen molar-refractivity contribution in [3.05, 3.63) is 47.5 Å². The molecule has 5 aliphatic rings. The predicted molar refractivity (Wildman–Crippen MR) is 222 cm³/mol. The summed E-state index contributed by atoms with van der Waals surface area (Å²) in [6, 6.07) is 10.8. The van der Waals surface area contributed by atoms with Crippen molar-refractivity contribution in [1.29, 1.82) is 0 Å². The molecule has 0 radical (unpaired) electrons. The van der Waals surface area contributed by atoms with Crippen LogP contribution in [0.2, 0.25) is 0 Å². The third-order valence-corrected chi connectivity index (χ3v) is 13.5. The molecule has 13 heteroatoms. The van der Waals surface area contributed by atoms with Gasteiger partial charge in [-0.1, -0.05) is 45.4 Å². The number of anilines is 1. The molecule has 10 atom stereocenters. The Balaban J connectivity index is 1.27. The molecule has 2 amide bonds. The molecule has 1 unspecified atom stereocenters. The van der Waals surface area contributed by atoms with E-state index in [1.165, 1.54) is 19.3 Å². The van der Waals surface area contributed by atoms with Gasteiger partial charge in [-0.2, -0.15) is 5.06 Å². The van der Waals surface area contributed by atoms with Crippen molar-refractivity contribution < 1.29 is 34.5 Å². The van der Waals surface area contributed by atoms with Crippen LogP contribution < -0.4 is 26.0 Å². The highest BCUT2D eigenvalue weighted by molar-refractivity contribution is 5.97. The smallest absolute Gasteiger partial charge is 0.251 e. The first-order valence-corrected chi connectivity index (χ1v) is 21.1. The van der Waals surface area contributed by atoms with Crippen LogP contribution in [0.5, 0.6) is 5.75 Å². The number of rotatable bonds is 17. The van der Waals surface area contributed by atoms with Crippen molar-refractivity contribution in [1.82, 2.24) is 25.9 Å². The summed E-state index contributed by atoms with van der Waals surface area (Å²) in [6.45, 7) is 10.3. The number of carbonyl (C=O) groups is 2. The monoisotopic (exact) mass is 793 g/mol. The number of fused-ring (bicyclic) bond motifs is 2. The van der Waals surface area contributed by atoms with Gasteiger partial charge < -0.3 is 46.2 Å². The summed E-state index contributed by atoms with van der Waals surface area (Å²) < 4.78 is 6.10. The summed E-state index contributed by atoms with van der Waals surface area (Å²) in [5, 5.41) is 46.1. The first kappa shape index (κ1) is 43.3. The number of nitrogens with zero attached hydrogens (tertiary/aromatic N) is 2. The fraction of sp³-hybridized carbons (Fsp3) is 0.682. The quantitative estimate of drug-likeness (QED) is 0.125. The molecule has 7 rings (SSSR count). The molecular formula is C44H68N6O7. The van der Waals surface area contributed by atoms with Gasteiger partial charge in [0, 0.05) is 59.5 Å². The van der Waals surface area contributed by atoms with Crippen LogP contribution in [0.4, 0.5) is 5.69 Å². The molecule has 13 nitrogen and oxygen atoms in total. The Morgan fingerprint density at radius 1 is 1.14 bits per heavy atom. The number of piperidine rings is 1. The largest absolute Gasteiger partial charge is 0.496 e. The molecule has 3 saturated carbocycles. The van der Waals surface area contributed by atoms with Gasteiger partial charge in [0.05, 0.1) is 33.0 Å². The summed E-state index contributed by atoms with van der Waals surface area (Å²) in [5.41, 5.74) is 3.63. The number of likely N-dealkylation sites (N-methyl/N-ethyl adjacent to an activating group) is 1.